The largest absolute Gasteiger partial charge is 0.330 e. The van der Waals surface area contributed by atoms with Gasteiger partial charge in [-0.05, 0) is 47.2 Å². The summed E-state index contributed by atoms with van der Waals surface area (Å²) in [5.41, 5.74) is 3.91. The zero-order valence-electron chi connectivity index (χ0n) is 13.8. The third-order valence-corrected chi connectivity index (χ3v) is 5.29. The second-order valence-corrected chi connectivity index (χ2v) is 7.31. The molecule has 1 aliphatic heterocycles. The number of likely N-dealkylation sites (tertiary alicyclic amines) is 1. The molecule has 1 saturated heterocycles. The second-order valence-electron chi connectivity index (χ2n) is 6.52. The van der Waals surface area contributed by atoms with Crippen LogP contribution in [0.1, 0.15) is 66.0 Å². The summed E-state index contributed by atoms with van der Waals surface area (Å²) >= 11 is 3.54. The van der Waals surface area contributed by atoms with Gasteiger partial charge in [0.05, 0.1) is 16.2 Å². The van der Waals surface area contributed by atoms with Gasteiger partial charge in [-0.2, -0.15) is 5.10 Å². The average molecular weight is 376 g/mol. The molecule has 1 aromatic carbocycles. The number of H-pyrrole nitrogens is 1. The van der Waals surface area contributed by atoms with E-state index >= 15 is 0 Å². The van der Waals surface area contributed by atoms with Crippen molar-refractivity contribution in [3.05, 3.63) is 51.3 Å². The van der Waals surface area contributed by atoms with Gasteiger partial charge in [0.2, 0.25) is 0 Å². The SMILES string of the molecule is Cc1ccc(C2CCCN2C(=O)c2n[nH]c(C(C)C)c2Br)cc1. The number of aryl methyl sites for hydroxylation is 1. The van der Waals surface area contributed by atoms with E-state index in [1.54, 1.807) is 0 Å². The van der Waals surface area contributed by atoms with Crippen molar-refractivity contribution in [2.75, 3.05) is 6.54 Å². The number of carbonyl (C=O) groups excluding carboxylic acids is 1. The summed E-state index contributed by atoms with van der Waals surface area (Å²) in [4.78, 5) is 14.9. The number of rotatable bonds is 3. The van der Waals surface area contributed by atoms with Crippen molar-refractivity contribution in [1.82, 2.24) is 15.1 Å². The van der Waals surface area contributed by atoms with Gasteiger partial charge in [0.25, 0.3) is 5.91 Å². The Balaban J connectivity index is 1.88. The van der Waals surface area contributed by atoms with Crippen LogP contribution in [0.5, 0.6) is 0 Å². The van der Waals surface area contributed by atoms with E-state index in [-0.39, 0.29) is 11.9 Å². The number of nitrogens with zero attached hydrogens (tertiary/aromatic N) is 2. The van der Waals surface area contributed by atoms with Crippen molar-refractivity contribution in [3.63, 3.8) is 0 Å². The Morgan fingerprint density at radius 1 is 1.35 bits per heavy atom. The Bertz CT molecular complexity index is 706. The fourth-order valence-electron chi connectivity index (χ4n) is 3.15. The average Bonchev–Trinajstić information content (AvgIpc) is 3.14. The lowest BCUT2D eigenvalue weighted by atomic mass is 10.0. The molecule has 1 amide bonds. The molecule has 1 N–H and O–H groups in total. The number of halogens is 1. The molecule has 1 fully saturated rings. The van der Waals surface area contributed by atoms with Crippen LogP contribution in [0.25, 0.3) is 0 Å². The summed E-state index contributed by atoms with van der Waals surface area (Å²) < 4.78 is 0.798. The number of aromatic amines is 1. The Morgan fingerprint density at radius 2 is 2.04 bits per heavy atom. The van der Waals surface area contributed by atoms with E-state index in [4.69, 9.17) is 0 Å². The Kier molecular flexibility index (Phi) is 4.57. The Labute approximate surface area is 145 Å². The van der Waals surface area contributed by atoms with Gasteiger partial charge in [0, 0.05) is 6.54 Å². The van der Waals surface area contributed by atoms with Crippen LogP contribution >= 0.6 is 15.9 Å². The fraction of sp³-hybridized carbons (Fsp3) is 0.444. The van der Waals surface area contributed by atoms with E-state index in [9.17, 15) is 4.79 Å². The molecule has 2 aromatic rings. The molecule has 1 aliphatic rings. The molecule has 1 aromatic heterocycles. The zero-order valence-corrected chi connectivity index (χ0v) is 15.4. The zero-order chi connectivity index (χ0) is 16.6. The second kappa shape index (κ2) is 6.48. The maximum absolute atomic E-state index is 13.0. The van der Waals surface area contributed by atoms with E-state index in [1.807, 2.05) is 4.90 Å². The lowest BCUT2D eigenvalue weighted by Gasteiger charge is -2.24. The van der Waals surface area contributed by atoms with Crippen molar-refractivity contribution in [2.45, 2.75) is 45.6 Å². The molecule has 0 aliphatic carbocycles. The van der Waals surface area contributed by atoms with E-state index in [0.717, 1.165) is 29.6 Å². The van der Waals surface area contributed by atoms with E-state index in [0.29, 0.717) is 11.6 Å². The van der Waals surface area contributed by atoms with Crippen molar-refractivity contribution in [3.8, 4) is 0 Å². The molecule has 4 nitrogen and oxygen atoms in total. The molecular formula is C18H22BrN3O. The summed E-state index contributed by atoms with van der Waals surface area (Å²) in [6, 6.07) is 8.62. The van der Waals surface area contributed by atoms with Crippen LogP contribution in [0.2, 0.25) is 0 Å². The van der Waals surface area contributed by atoms with Crippen molar-refractivity contribution < 1.29 is 4.79 Å². The minimum Gasteiger partial charge on any atom is -0.330 e. The predicted molar refractivity (Wildman–Crippen MR) is 94.6 cm³/mol. The number of hydrogen-bond donors (Lipinski definition) is 1. The molecule has 23 heavy (non-hydrogen) atoms. The highest BCUT2D eigenvalue weighted by Crippen LogP contribution is 2.35. The number of aromatic nitrogens is 2. The number of benzene rings is 1. The highest BCUT2D eigenvalue weighted by atomic mass is 79.9. The lowest BCUT2D eigenvalue weighted by Crippen LogP contribution is -2.31. The lowest BCUT2D eigenvalue weighted by molar-refractivity contribution is 0.0728. The fourth-order valence-corrected chi connectivity index (χ4v) is 3.95. The minimum atomic E-state index is 0.00287. The topological polar surface area (TPSA) is 49.0 Å². The molecule has 0 spiro atoms. The number of nitrogens with one attached hydrogen (secondary N) is 1. The van der Waals surface area contributed by atoms with Gasteiger partial charge >= 0.3 is 0 Å². The molecular weight excluding hydrogens is 354 g/mol. The first-order valence-electron chi connectivity index (χ1n) is 8.10. The number of hydrogen-bond acceptors (Lipinski definition) is 2. The van der Waals surface area contributed by atoms with Crippen LogP contribution in [0, 0.1) is 6.92 Å². The molecule has 2 heterocycles. The molecule has 1 atom stereocenters. The molecule has 1 unspecified atom stereocenters. The van der Waals surface area contributed by atoms with Crippen LogP contribution in [-0.2, 0) is 0 Å². The van der Waals surface area contributed by atoms with Crippen LogP contribution in [-0.4, -0.2) is 27.5 Å². The Hall–Kier alpha value is -1.62. The van der Waals surface area contributed by atoms with Crippen LogP contribution in [0.3, 0.4) is 0 Å². The first-order chi connectivity index (χ1) is 11.0. The van der Waals surface area contributed by atoms with Gasteiger partial charge in [-0.1, -0.05) is 43.7 Å². The van der Waals surface area contributed by atoms with Gasteiger partial charge in [-0.3, -0.25) is 9.89 Å². The van der Waals surface area contributed by atoms with Gasteiger partial charge in [-0.15, -0.1) is 0 Å². The standard InChI is InChI=1S/C18H22BrN3O/c1-11(2)16-15(19)17(21-20-16)18(23)22-10-4-5-14(22)13-8-6-12(3)7-9-13/h6-9,11,14H,4-5,10H2,1-3H3,(H,20,21). The summed E-state index contributed by atoms with van der Waals surface area (Å²) in [6.45, 7) is 7.03. The van der Waals surface area contributed by atoms with E-state index in [1.165, 1.54) is 11.1 Å². The summed E-state index contributed by atoms with van der Waals surface area (Å²) in [7, 11) is 0. The normalized spacial score (nSPS) is 18.0. The minimum absolute atomic E-state index is 0.00287. The van der Waals surface area contributed by atoms with Gasteiger partial charge < -0.3 is 4.90 Å². The Morgan fingerprint density at radius 3 is 2.65 bits per heavy atom. The predicted octanol–water partition coefficient (Wildman–Crippen LogP) is 4.58. The van der Waals surface area contributed by atoms with Crippen molar-refractivity contribution in [2.24, 2.45) is 0 Å². The first-order valence-corrected chi connectivity index (χ1v) is 8.89. The van der Waals surface area contributed by atoms with E-state index in [2.05, 4.69) is 71.2 Å². The summed E-state index contributed by atoms with van der Waals surface area (Å²) in [6.07, 6.45) is 2.04. The van der Waals surface area contributed by atoms with Crippen LogP contribution in [0.4, 0.5) is 0 Å². The summed E-state index contributed by atoms with van der Waals surface area (Å²) in [5, 5.41) is 7.26. The molecule has 3 rings (SSSR count). The van der Waals surface area contributed by atoms with Gasteiger partial charge in [-0.25, -0.2) is 0 Å². The molecule has 5 heteroatoms. The van der Waals surface area contributed by atoms with Gasteiger partial charge in [0.15, 0.2) is 5.69 Å². The van der Waals surface area contributed by atoms with Crippen LogP contribution in [0.15, 0.2) is 28.7 Å². The van der Waals surface area contributed by atoms with Crippen molar-refractivity contribution in [1.29, 1.82) is 0 Å². The molecule has 0 bridgehead atoms. The first kappa shape index (κ1) is 16.2. The highest BCUT2D eigenvalue weighted by molar-refractivity contribution is 9.10. The third-order valence-electron chi connectivity index (χ3n) is 4.49. The van der Waals surface area contributed by atoms with Gasteiger partial charge in [0.1, 0.15) is 0 Å². The number of amides is 1. The smallest absolute Gasteiger partial charge is 0.276 e. The highest BCUT2D eigenvalue weighted by Gasteiger charge is 2.33. The maximum Gasteiger partial charge on any atom is 0.276 e. The van der Waals surface area contributed by atoms with E-state index < -0.39 is 0 Å². The van der Waals surface area contributed by atoms with Crippen LogP contribution < -0.4 is 0 Å². The molecule has 0 saturated carbocycles. The third kappa shape index (κ3) is 3.07. The molecule has 0 radical (unpaired) electrons. The van der Waals surface area contributed by atoms with Crippen molar-refractivity contribution >= 4 is 21.8 Å². The number of carbonyl (C=O) groups is 1. The quantitative estimate of drug-likeness (QED) is 0.852. The summed E-state index contributed by atoms with van der Waals surface area (Å²) in [5.74, 6) is 0.299. The molecule has 122 valence electrons. The monoisotopic (exact) mass is 375 g/mol. The maximum atomic E-state index is 13.0.